The fourth-order valence-electron chi connectivity index (χ4n) is 2.53. The molecule has 0 aliphatic carbocycles. The molecule has 0 aromatic heterocycles. The molecule has 5 nitrogen and oxygen atoms in total. The van der Waals surface area contributed by atoms with E-state index in [1.807, 2.05) is 29.2 Å². The number of hydrogen-bond acceptors (Lipinski definition) is 3. The molecular weight excluding hydrogens is 268 g/mol. The second-order valence-corrected chi connectivity index (χ2v) is 5.88. The Kier molecular flexibility index (Phi) is 4.96. The van der Waals surface area contributed by atoms with Gasteiger partial charge in [0, 0.05) is 12.2 Å². The maximum Gasteiger partial charge on any atom is 0.307 e. The van der Waals surface area contributed by atoms with Crippen molar-refractivity contribution in [1.82, 2.24) is 4.90 Å². The Bertz CT molecular complexity index is 511. The number of aliphatic carboxylic acids is 1. The van der Waals surface area contributed by atoms with Crippen molar-refractivity contribution in [2.24, 2.45) is 5.92 Å². The second-order valence-electron chi connectivity index (χ2n) is 5.88. The summed E-state index contributed by atoms with van der Waals surface area (Å²) in [4.78, 5) is 24.7. The maximum atomic E-state index is 12.0. The summed E-state index contributed by atoms with van der Waals surface area (Å²) in [5.74, 6) is -0.754. The first-order valence-electron chi connectivity index (χ1n) is 7.30. The van der Waals surface area contributed by atoms with Crippen LogP contribution >= 0.6 is 0 Å². The average molecular weight is 290 g/mol. The number of hydrogen-bond donors (Lipinski definition) is 2. The van der Waals surface area contributed by atoms with Crippen LogP contribution in [0.5, 0.6) is 0 Å². The zero-order chi connectivity index (χ0) is 15.4. The average Bonchev–Trinajstić information content (AvgIpc) is 2.87. The Morgan fingerprint density at radius 2 is 2.00 bits per heavy atom. The minimum Gasteiger partial charge on any atom is -0.481 e. The number of anilines is 1. The van der Waals surface area contributed by atoms with Crippen LogP contribution in [0.4, 0.5) is 5.69 Å². The van der Waals surface area contributed by atoms with Gasteiger partial charge in [-0.25, -0.2) is 0 Å². The topological polar surface area (TPSA) is 69.6 Å². The van der Waals surface area contributed by atoms with Gasteiger partial charge in [0.25, 0.3) is 0 Å². The van der Waals surface area contributed by atoms with Crippen molar-refractivity contribution in [2.75, 3.05) is 25.0 Å². The molecule has 2 rings (SSSR count). The predicted octanol–water partition coefficient (Wildman–Crippen LogP) is 2.16. The Balaban J connectivity index is 1.83. The highest BCUT2D eigenvalue weighted by atomic mass is 16.4. The molecule has 2 N–H and O–H groups in total. The molecule has 21 heavy (non-hydrogen) atoms. The standard InChI is InChI=1S/C16H22N2O3/c1-11(2)12-3-5-14(6-4-12)17-15(19)10-18-8-7-13(9-18)16(20)21/h3-6,11,13H,7-10H2,1-2H3,(H,17,19)(H,20,21). The number of nitrogens with zero attached hydrogens (tertiary/aromatic N) is 1. The first-order chi connectivity index (χ1) is 9.95. The third-order valence-corrected chi connectivity index (χ3v) is 3.85. The van der Waals surface area contributed by atoms with E-state index in [2.05, 4.69) is 19.2 Å². The quantitative estimate of drug-likeness (QED) is 0.872. The van der Waals surface area contributed by atoms with Gasteiger partial charge in [-0.15, -0.1) is 0 Å². The molecule has 1 heterocycles. The Labute approximate surface area is 125 Å². The Morgan fingerprint density at radius 3 is 2.52 bits per heavy atom. The fourth-order valence-corrected chi connectivity index (χ4v) is 2.53. The van der Waals surface area contributed by atoms with Gasteiger partial charge in [-0.05, 0) is 36.6 Å². The van der Waals surface area contributed by atoms with Gasteiger partial charge in [0.05, 0.1) is 12.5 Å². The molecule has 0 bridgehead atoms. The first kappa shape index (κ1) is 15.5. The molecule has 0 saturated carbocycles. The molecule has 1 aliphatic rings. The number of carbonyl (C=O) groups excluding carboxylic acids is 1. The highest BCUT2D eigenvalue weighted by molar-refractivity contribution is 5.92. The molecule has 5 heteroatoms. The van der Waals surface area contributed by atoms with Crippen LogP contribution in [0.15, 0.2) is 24.3 Å². The lowest BCUT2D eigenvalue weighted by atomic mass is 10.0. The van der Waals surface area contributed by atoms with E-state index in [4.69, 9.17) is 5.11 Å². The minimum absolute atomic E-state index is 0.0988. The van der Waals surface area contributed by atoms with Gasteiger partial charge in [0.2, 0.25) is 5.91 Å². The zero-order valence-corrected chi connectivity index (χ0v) is 12.5. The number of carboxylic acid groups (broad SMARTS) is 1. The summed E-state index contributed by atoms with van der Waals surface area (Å²) in [6.07, 6.45) is 0.617. The van der Waals surface area contributed by atoms with Crippen molar-refractivity contribution >= 4 is 17.6 Å². The van der Waals surface area contributed by atoms with Crippen LogP contribution in [0.25, 0.3) is 0 Å². The van der Waals surface area contributed by atoms with E-state index in [1.54, 1.807) is 0 Å². The Morgan fingerprint density at radius 1 is 1.33 bits per heavy atom. The third kappa shape index (κ3) is 4.29. The van der Waals surface area contributed by atoms with E-state index in [0.29, 0.717) is 25.4 Å². The number of likely N-dealkylation sites (tertiary alicyclic amines) is 1. The highest BCUT2D eigenvalue weighted by Crippen LogP contribution is 2.18. The number of amides is 1. The second kappa shape index (κ2) is 6.72. The van der Waals surface area contributed by atoms with Gasteiger partial charge in [0.1, 0.15) is 0 Å². The predicted molar refractivity (Wildman–Crippen MR) is 81.3 cm³/mol. The van der Waals surface area contributed by atoms with Gasteiger partial charge >= 0.3 is 5.97 Å². The summed E-state index contributed by atoms with van der Waals surface area (Å²) in [6.45, 7) is 5.61. The van der Waals surface area contributed by atoms with E-state index in [-0.39, 0.29) is 18.4 Å². The molecule has 0 spiro atoms. The summed E-state index contributed by atoms with van der Waals surface area (Å²) in [5, 5.41) is 11.8. The Hall–Kier alpha value is -1.88. The zero-order valence-electron chi connectivity index (χ0n) is 12.5. The van der Waals surface area contributed by atoms with Crippen LogP contribution in [0.2, 0.25) is 0 Å². The van der Waals surface area contributed by atoms with Crippen LogP contribution in [-0.2, 0) is 9.59 Å². The highest BCUT2D eigenvalue weighted by Gasteiger charge is 2.28. The van der Waals surface area contributed by atoms with Crippen molar-refractivity contribution in [3.05, 3.63) is 29.8 Å². The van der Waals surface area contributed by atoms with Crippen molar-refractivity contribution < 1.29 is 14.7 Å². The van der Waals surface area contributed by atoms with Crippen LogP contribution < -0.4 is 5.32 Å². The van der Waals surface area contributed by atoms with Gasteiger partial charge in [-0.3, -0.25) is 14.5 Å². The van der Waals surface area contributed by atoms with E-state index in [9.17, 15) is 9.59 Å². The van der Waals surface area contributed by atoms with Crippen LogP contribution in [0.1, 0.15) is 31.7 Å². The van der Waals surface area contributed by atoms with Crippen LogP contribution in [-0.4, -0.2) is 41.5 Å². The van der Waals surface area contributed by atoms with E-state index in [1.165, 1.54) is 5.56 Å². The van der Waals surface area contributed by atoms with E-state index >= 15 is 0 Å². The molecule has 0 radical (unpaired) electrons. The molecular formula is C16H22N2O3. The molecule has 1 saturated heterocycles. The number of nitrogens with one attached hydrogen (secondary N) is 1. The maximum absolute atomic E-state index is 12.0. The smallest absolute Gasteiger partial charge is 0.307 e. The monoisotopic (exact) mass is 290 g/mol. The van der Waals surface area contributed by atoms with Crippen molar-refractivity contribution in [2.45, 2.75) is 26.2 Å². The molecule has 1 aliphatic heterocycles. The van der Waals surface area contributed by atoms with E-state index in [0.717, 1.165) is 5.69 Å². The van der Waals surface area contributed by atoms with Crippen molar-refractivity contribution in [3.63, 3.8) is 0 Å². The summed E-state index contributed by atoms with van der Waals surface area (Å²) in [6, 6.07) is 7.82. The largest absolute Gasteiger partial charge is 0.481 e. The molecule has 1 aromatic carbocycles. The number of carboxylic acids is 1. The minimum atomic E-state index is -0.776. The van der Waals surface area contributed by atoms with Crippen molar-refractivity contribution in [1.29, 1.82) is 0 Å². The molecule has 1 amide bonds. The summed E-state index contributed by atoms with van der Waals surface area (Å²) >= 11 is 0. The summed E-state index contributed by atoms with van der Waals surface area (Å²) < 4.78 is 0. The molecule has 1 fully saturated rings. The van der Waals surface area contributed by atoms with E-state index < -0.39 is 5.97 Å². The van der Waals surface area contributed by atoms with Crippen molar-refractivity contribution in [3.8, 4) is 0 Å². The third-order valence-electron chi connectivity index (χ3n) is 3.85. The van der Waals surface area contributed by atoms with Gasteiger partial charge in [0.15, 0.2) is 0 Å². The lowest BCUT2D eigenvalue weighted by Gasteiger charge is -2.15. The van der Waals surface area contributed by atoms with Gasteiger partial charge in [-0.2, -0.15) is 0 Å². The lowest BCUT2D eigenvalue weighted by Crippen LogP contribution is -2.32. The molecule has 1 aromatic rings. The van der Waals surface area contributed by atoms with Crippen LogP contribution in [0.3, 0.4) is 0 Å². The van der Waals surface area contributed by atoms with Gasteiger partial charge in [-0.1, -0.05) is 26.0 Å². The molecule has 1 atom stereocenters. The lowest BCUT2D eigenvalue weighted by molar-refractivity contribution is -0.141. The molecule has 1 unspecified atom stereocenters. The number of carbonyl (C=O) groups is 2. The van der Waals surface area contributed by atoms with Gasteiger partial charge < -0.3 is 10.4 Å². The fraction of sp³-hybridized carbons (Fsp3) is 0.500. The summed E-state index contributed by atoms with van der Waals surface area (Å²) in [5.41, 5.74) is 2.01. The number of benzene rings is 1. The SMILES string of the molecule is CC(C)c1ccc(NC(=O)CN2CCC(C(=O)O)C2)cc1. The van der Waals surface area contributed by atoms with Crippen LogP contribution in [0, 0.1) is 5.92 Å². The summed E-state index contributed by atoms with van der Waals surface area (Å²) in [7, 11) is 0. The first-order valence-corrected chi connectivity index (χ1v) is 7.30. The normalized spacial score (nSPS) is 18.9. The molecule has 114 valence electrons. The number of rotatable bonds is 5.